The number of fused-ring (bicyclic) bond motifs is 1. The van der Waals surface area contributed by atoms with E-state index in [0.29, 0.717) is 17.7 Å². The predicted octanol–water partition coefficient (Wildman–Crippen LogP) is 2.75. The number of amides is 1. The molecule has 0 bridgehead atoms. The fourth-order valence-corrected chi connectivity index (χ4v) is 2.81. The van der Waals surface area contributed by atoms with Crippen LogP contribution >= 0.6 is 0 Å². The van der Waals surface area contributed by atoms with Crippen molar-refractivity contribution in [2.24, 2.45) is 0 Å². The normalized spacial score (nSPS) is 16.9. The summed E-state index contributed by atoms with van der Waals surface area (Å²) in [6, 6.07) is 12.9. The van der Waals surface area contributed by atoms with Crippen LogP contribution in [0.1, 0.15) is 33.1 Å². The smallest absolute Gasteiger partial charge is 0.251 e. The van der Waals surface area contributed by atoms with Gasteiger partial charge in [0.25, 0.3) is 5.91 Å². The van der Waals surface area contributed by atoms with E-state index in [4.69, 9.17) is 0 Å². The van der Waals surface area contributed by atoms with Crippen LogP contribution in [0, 0.1) is 12.7 Å². The van der Waals surface area contributed by atoms with Gasteiger partial charge in [-0.1, -0.05) is 30.3 Å². The molecule has 114 valence electrons. The monoisotopic (exact) mass is 298 g/mol. The molecule has 1 aliphatic heterocycles. The summed E-state index contributed by atoms with van der Waals surface area (Å²) in [6.45, 7) is 3.07. The standard InChI is InChI=1S/C18H19FN2O/c1-12-6-7-14(10-16(12)19)18(22)21-11-17-15-5-3-2-4-13(15)8-9-20-17/h2-7,10,17,20H,8-9,11H2,1H3,(H,21,22). The van der Waals surface area contributed by atoms with E-state index in [9.17, 15) is 9.18 Å². The lowest BCUT2D eigenvalue weighted by molar-refractivity contribution is 0.0948. The maximum Gasteiger partial charge on any atom is 0.251 e. The summed E-state index contributed by atoms with van der Waals surface area (Å²) in [6.07, 6.45) is 1.00. The number of nitrogens with one attached hydrogen (secondary N) is 2. The van der Waals surface area contributed by atoms with Gasteiger partial charge in [-0.25, -0.2) is 4.39 Å². The third-order valence-corrected chi connectivity index (χ3v) is 4.12. The van der Waals surface area contributed by atoms with Crippen molar-refractivity contribution >= 4 is 5.91 Å². The number of hydrogen-bond acceptors (Lipinski definition) is 2. The van der Waals surface area contributed by atoms with Gasteiger partial charge in [-0.05, 0) is 48.7 Å². The van der Waals surface area contributed by atoms with Gasteiger partial charge >= 0.3 is 0 Å². The van der Waals surface area contributed by atoms with Crippen LogP contribution in [0.2, 0.25) is 0 Å². The molecule has 1 atom stereocenters. The lowest BCUT2D eigenvalue weighted by Gasteiger charge is -2.27. The van der Waals surface area contributed by atoms with Crippen LogP contribution in [0.25, 0.3) is 0 Å². The summed E-state index contributed by atoms with van der Waals surface area (Å²) in [5.41, 5.74) is 3.44. The largest absolute Gasteiger partial charge is 0.350 e. The minimum Gasteiger partial charge on any atom is -0.350 e. The Morgan fingerprint density at radius 1 is 1.32 bits per heavy atom. The van der Waals surface area contributed by atoms with Gasteiger partial charge in [0.2, 0.25) is 0 Å². The first-order valence-corrected chi connectivity index (χ1v) is 7.50. The van der Waals surface area contributed by atoms with Gasteiger partial charge in [-0.15, -0.1) is 0 Å². The van der Waals surface area contributed by atoms with Crippen molar-refractivity contribution in [2.75, 3.05) is 13.1 Å². The zero-order valence-electron chi connectivity index (χ0n) is 12.5. The first-order chi connectivity index (χ1) is 10.6. The molecule has 0 radical (unpaired) electrons. The van der Waals surface area contributed by atoms with Crippen LogP contribution in [0.15, 0.2) is 42.5 Å². The Balaban J connectivity index is 1.68. The van der Waals surface area contributed by atoms with Gasteiger partial charge < -0.3 is 10.6 Å². The van der Waals surface area contributed by atoms with Gasteiger partial charge in [0.1, 0.15) is 5.82 Å². The molecule has 0 aromatic heterocycles. The summed E-state index contributed by atoms with van der Waals surface area (Å²) in [7, 11) is 0. The lowest BCUT2D eigenvalue weighted by Crippen LogP contribution is -2.38. The van der Waals surface area contributed by atoms with Crippen molar-refractivity contribution in [1.82, 2.24) is 10.6 Å². The molecule has 3 nitrogen and oxygen atoms in total. The molecule has 22 heavy (non-hydrogen) atoms. The lowest BCUT2D eigenvalue weighted by atomic mass is 9.94. The first-order valence-electron chi connectivity index (χ1n) is 7.50. The summed E-state index contributed by atoms with van der Waals surface area (Å²) in [5.74, 6) is -0.599. The summed E-state index contributed by atoms with van der Waals surface area (Å²) < 4.78 is 13.5. The molecule has 0 spiro atoms. The van der Waals surface area contributed by atoms with E-state index in [1.807, 2.05) is 12.1 Å². The van der Waals surface area contributed by atoms with Crippen LogP contribution < -0.4 is 10.6 Å². The van der Waals surface area contributed by atoms with E-state index in [0.717, 1.165) is 13.0 Å². The van der Waals surface area contributed by atoms with E-state index in [1.54, 1.807) is 19.1 Å². The van der Waals surface area contributed by atoms with E-state index in [1.165, 1.54) is 17.2 Å². The summed E-state index contributed by atoms with van der Waals surface area (Å²) >= 11 is 0. The van der Waals surface area contributed by atoms with Crippen molar-refractivity contribution in [3.8, 4) is 0 Å². The predicted molar refractivity (Wildman–Crippen MR) is 84.4 cm³/mol. The SMILES string of the molecule is Cc1ccc(C(=O)NCC2NCCc3ccccc32)cc1F. The quantitative estimate of drug-likeness (QED) is 0.915. The van der Waals surface area contributed by atoms with Crippen molar-refractivity contribution in [3.05, 3.63) is 70.5 Å². The number of hydrogen-bond donors (Lipinski definition) is 2. The Morgan fingerprint density at radius 3 is 2.95 bits per heavy atom. The fourth-order valence-electron chi connectivity index (χ4n) is 2.81. The number of halogens is 1. The van der Waals surface area contributed by atoms with Gasteiger partial charge in [0, 0.05) is 18.2 Å². The zero-order chi connectivity index (χ0) is 15.5. The number of rotatable bonds is 3. The second-order valence-electron chi connectivity index (χ2n) is 5.63. The molecule has 2 aromatic rings. The molecule has 4 heteroatoms. The summed E-state index contributed by atoms with van der Waals surface area (Å²) in [4.78, 5) is 12.2. The van der Waals surface area contributed by atoms with Crippen LogP contribution in [0.4, 0.5) is 4.39 Å². The number of benzene rings is 2. The molecule has 3 rings (SSSR count). The molecule has 0 aliphatic carbocycles. The highest BCUT2D eigenvalue weighted by Gasteiger charge is 2.19. The van der Waals surface area contributed by atoms with Crippen molar-refractivity contribution in [1.29, 1.82) is 0 Å². The van der Waals surface area contributed by atoms with Crippen LogP contribution in [-0.4, -0.2) is 19.0 Å². The third-order valence-electron chi connectivity index (χ3n) is 4.12. The third kappa shape index (κ3) is 3.02. The molecular formula is C18H19FN2O. The van der Waals surface area contributed by atoms with E-state index >= 15 is 0 Å². The zero-order valence-corrected chi connectivity index (χ0v) is 12.5. The van der Waals surface area contributed by atoms with Gasteiger partial charge in [-0.2, -0.15) is 0 Å². The second-order valence-corrected chi connectivity index (χ2v) is 5.63. The van der Waals surface area contributed by atoms with Crippen LogP contribution in [-0.2, 0) is 6.42 Å². The highest BCUT2D eigenvalue weighted by atomic mass is 19.1. The first kappa shape index (κ1) is 14.7. The molecule has 0 fully saturated rings. The average Bonchev–Trinajstić information content (AvgIpc) is 2.55. The Hall–Kier alpha value is -2.20. The van der Waals surface area contributed by atoms with E-state index in [-0.39, 0.29) is 17.8 Å². The molecule has 0 saturated heterocycles. The van der Waals surface area contributed by atoms with E-state index < -0.39 is 0 Å². The minimum atomic E-state index is -0.353. The topological polar surface area (TPSA) is 41.1 Å². The van der Waals surface area contributed by atoms with Crippen molar-refractivity contribution in [2.45, 2.75) is 19.4 Å². The molecule has 1 aliphatic rings. The number of carbonyl (C=O) groups is 1. The molecular weight excluding hydrogens is 279 g/mol. The highest BCUT2D eigenvalue weighted by molar-refractivity contribution is 5.94. The molecule has 2 N–H and O–H groups in total. The highest BCUT2D eigenvalue weighted by Crippen LogP contribution is 2.22. The Kier molecular flexibility index (Phi) is 4.20. The minimum absolute atomic E-state index is 0.101. The Morgan fingerprint density at radius 2 is 2.14 bits per heavy atom. The molecule has 1 unspecified atom stereocenters. The average molecular weight is 298 g/mol. The molecule has 1 amide bonds. The number of aryl methyl sites for hydroxylation is 1. The van der Waals surface area contributed by atoms with E-state index in [2.05, 4.69) is 22.8 Å². The number of carbonyl (C=O) groups excluding carboxylic acids is 1. The van der Waals surface area contributed by atoms with Crippen molar-refractivity contribution < 1.29 is 9.18 Å². The van der Waals surface area contributed by atoms with Crippen LogP contribution in [0.3, 0.4) is 0 Å². The van der Waals surface area contributed by atoms with Crippen molar-refractivity contribution in [3.63, 3.8) is 0 Å². The second kappa shape index (κ2) is 6.28. The Bertz CT molecular complexity index is 699. The maximum atomic E-state index is 13.5. The molecule has 2 aromatic carbocycles. The van der Waals surface area contributed by atoms with Crippen LogP contribution in [0.5, 0.6) is 0 Å². The summed E-state index contributed by atoms with van der Waals surface area (Å²) in [5, 5.41) is 6.30. The van der Waals surface area contributed by atoms with Gasteiger partial charge in [0.05, 0.1) is 0 Å². The molecule has 1 heterocycles. The fraction of sp³-hybridized carbons (Fsp3) is 0.278. The maximum absolute atomic E-state index is 13.5. The van der Waals surface area contributed by atoms with Gasteiger partial charge in [-0.3, -0.25) is 4.79 Å². The Labute approximate surface area is 129 Å². The van der Waals surface area contributed by atoms with Gasteiger partial charge in [0.15, 0.2) is 0 Å². The molecule has 0 saturated carbocycles.